The minimum absolute atomic E-state index is 0.00721. The van der Waals surface area contributed by atoms with Gasteiger partial charge in [0, 0.05) is 10.6 Å². The highest BCUT2D eigenvalue weighted by atomic mass is 35.5. The standard InChI is InChI=1S/C26H19ClN2O4S/c1-2-33-18-12-13-19-20(14-18)34-26(28-19)29-22(15-6-4-3-5-7-15)21(24(31)25(29)32)23(30)16-8-10-17(27)11-9-16/h3-14,22,30H,2H2,1H3. The minimum Gasteiger partial charge on any atom is -0.507 e. The molecule has 1 fully saturated rings. The number of nitrogens with zero attached hydrogens (tertiary/aromatic N) is 2. The molecule has 1 atom stereocenters. The molecule has 6 nitrogen and oxygen atoms in total. The Morgan fingerprint density at radius 3 is 2.53 bits per heavy atom. The number of carbonyl (C=O) groups excluding carboxylic acids is 2. The molecule has 0 bridgehead atoms. The van der Waals surface area contributed by atoms with Gasteiger partial charge >= 0.3 is 5.91 Å². The van der Waals surface area contributed by atoms with Crippen LogP contribution in [-0.4, -0.2) is 28.4 Å². The Kier molecular flexibility index (Phi) is 5.81. The molecule has 170 valence electrons. The first-order valence-electron chi connectivity index (χ1n) is 10.6. The molecule has 1 unspecified atom stereocenters. The predicted octanol–water partition coefficient (Wildman–Crippen LogP) is 5.97. The summed E-state index contributed by atoms with van der Waals surface area (Å²) in [5.41, 5.74) is 1.78. The van der Waals surface area contributed by atoms with Crippen LogP contribution in [0.3, 0.4) is 0 Å². The summed E-state index contributed by atoms with van der Waals surface area (Å²) in [6.45, 7) is 2.44. The first-order chi connectivity index (χ1) is 16.5. The van der Waals surface area contributed by atoms with Gasteiger partial charge in [-0.1, -0.05) is 53.3 Å². The van der Waals surface area contributed by atoms with Gasteiger partial charge in [0.15, 0.2) is 5.13 Å². The second-order valence-electron chi connectivity index (χ2n) is 7.65. The molecule has 1 N–H and O–H groups in total. The number of rotatable bonds is 5. The third-order valence-electron chi connectivity index (χ3n) is 5.54. The van der Waals surface area contributed by atoms with E-state index in [4.69, 9.17) is 16.3 Å². The summed E-state index contributed by atoms with van der Waals surface area (Å²) >= 11 is 7.27. The van der Waals surface area contributed by atoms with Crippen molar-refractivity contribution in [2.24, 2.45) is 0 Å². The Hall–Kier alpha value is -3.68. The number of thiazole rings is 1. The second kappa shape index (κ2) is 8.93. The summed E-state index contributed by atoms with van der Waals surface area (Å²) in [7, 11) is 0. The number of aromatic nitrogens is 1. The van der Waals surface area contributed by atoms with Crippen molar-refractivity contribution >= 4 is 55.7 Å². The first-order valence-corrected chi connectivity index (χ1v) is 11.8. The van der Waals surface area contributed by atoms with E-state index in [0.29, 0.717) is 39.2 Å². The van der Waals surface area contributed by atoms with Crippen molar-refractivity contribution < 1.29 is 19.4 Å². The van der Waals surface area contributed by atoms with E-state index >= 15 is 0 Å². The maximum Gasteiger partial charge on any atom is 0.301 e. The number of fused-ring (bicyclic) bond motifs is 1. The average molecular weight is 491 g/mol. The Morgan fingerprint density at radius 2 is 1.82 bits per heavy atom. The van der Waals surface area contributed by atoms with Crippen LogP contribution in [0, 0.1) is 0 Å². The molecule has 1 aromatic heterocycles. The number of aliphatic hydroxyl groups is 1. The first kappa shape index (κ1) is 22.1. The Bertz CT molecular complexity index is 1430. The van der Waals surface area contributed by atoms with E-state index in [9.17, 15) is 14.7 Å². The molecule has 4 aromatic rings. The van der Waals surface area contributed by atoms with Crippen molar-refractivity contribution in [3.63, 3.8) is 0 Å². The number of hydrogen-bond donors (Lipinski definition) is 1. The number of hydrogen-bond acceptors (Lipinski definition) is 6. The maximum absolute atomic E-state index is 13.3. The highest BCUT2D eigenvalue weighted by Gasteiger charge is 2.48. The number of aliphatic hydroxyl groups excluding tert-OH is 1. The lowest BCUT2D eigenvalue weighted by molar-refractivity contribution is -0.132. The van der Waals surface area contributed by atoms with Crippen LogP contribution in [0.4, 0.5) is 5.13 Å². The Morgan fingerprint density at radius 1 is 1.09 bits per heavy atom. The van der Waals surface area contributed by atoms with E-state index in [1.54, 1.807) is 24.3 Å². The molecule has 0 saturated carbocycles. The average Bonchev–Trinajstić information content (AvgIpc) is 3.38. The molecule has 1 aliphatic rings. The van der Waals surface area contributed by atoms with Gasteiger partial charge in [-0.2, -0.15) is 0 Å². The van der Waals surface area contributed by atoms with Crippen LogP contribution in [-0.2, 0) is 9.59 Å². The lowest BCUT2D eigenvalue weighted by Crippen LogP contribution is -2.29. The van der Waals surface area contributed by atoms with E-state index in [1.807, 2.05) is 55.5 Å². The molecule has 2 heterocycles. The lowest BCUT2D eigenvalue weighted by atomic mass is 9.95. The van der Waals surface area contributed by atoms with Crippen LogP contribution in [0.15, 0.2) is 78.4 Å². The topological polar surface area (TPSA) is 79.7 Å². The zero-order valence-corrected chi connectivity index (χ0v) is 19.6. The predicted molar refractivity (Wildman–Crippen MR) is 133 cm³/mol. The number of carbonyl (C=O) groups is 2. The van der Waals surface area contributed by atoms with Crippen LogP contribution in [0.1, 0.15) is 24.1 Å². The monoisotopic (exact) mass is 490 g/mol. The van der Waals surface area contributed by atoms with Gasteiger partial charge in [-0.3, -0.25) is 14.5 Å². The largest absolute Gasteiger partial charge is 0.507 e. The number of halogens is 1. The second-order valence-corrected chi connectivity index (χ2v) is 9.09. The molecule has 1 amide bonds. The smallest absolute Gasteiger partial charge is 0.301 e. The van der Waals surface area contributed by atoms with Gasteiger partial charge in [-0.25, -0.2) is 4.98 Å². The van der Waals surface area contributed by atoms with Gasteiger partial charge in [0.1, 0.15) is 11.5 Å². The van der Waals surface area contributed by atoms with Crippen LogP contribution in [0.25, 0.3) is 16.0 Å². The van der Waals surface area contributed by atoms with E-state index < -0.39 is 17.7 Å². The van der Waals surface area contributed by atoms with Gasteiger partial charge in [-0.05, 0) is 55.0 Å². The third kappa shape index (κ3) is 3.83. The molecule has 1 saturated heterocycles. The fraction of sp³-hybridized carbons (Fsp3) is 0.115. The van der Waals surface area contributed by atoms with Gasteiger partial charge in [0.05, 0.1) is 28.4 Å². The van der Waals surface area contributed by atoms with Crippen molar-refractivity contribution in [3.05, 3.63) is 94.5 Å². The number of ketones is 1. The summed E-state index contributed by atoms with van der Waals surface area (Å²) in [5.74, 6) is -1.07. The van der Waals surface area contributed by atoms with Gasteiger partial charge < -0.3 is 9.84 Å². The molecule has 8 heteroatoms. The molecular weight excluding hydrogens is 472 g/mol. The molecule has 1 aliphatic heterocycles. The number of benzene rings is 3. The number of anilines is 1. The van der Waals surface area contributed by atoms with E-state index in [0.717, 1.165) is 4.70 Å². The van der Waals surface area contributed by atoms with Crippen molar-refractivity contribution in [3.8, 4) is 5.75 Å². The van der Waals surface area contributed by atoms with Crippen LogP contribution < -0.4 is 9.64 Å². The van der Waals surface area contributed by atoms with Gasteiger partial charge in [-0.15, -0.1) is 0 Å². The normalized spacial score (nSPS) is 17.5. The highest BCUT2D eigenvalue weighted by molar-refractivity contribution is 7.22. The summed E-state index contributed by atoms with van der Waals surface area (Å²) < 4.78 is 6.40. The zero-order valence-electron chi connectivity index (χ0n) is 18.1. The highest BCUT2D eigenvalue weighted by Crippen LogP contribution is 2.44. The minimum atomic E-state index is -0.830. The summed E-state index contributed by atoms with van der Waals surface area (Å²) in [4.78, 5) is 32.5. The molecule has 0 radical (unpaired) electrons. The quantitative estimate of drug-likeness (QED) is 0.211. The number of ether oxygens (including phenoxy) is 1. The lowest BCUT2D eigenvalue weighted by Gasteiger charge is -2.22. The fourth-order valence-electron chi connectivity index (χ4n) is 4.00. The van der Waals surface area contributed by atoms with Crippen molar-refractivity contribution in [1.29, 1.82) is 0 Å². The molecular formula is C26H19ClN2O4S. The van der Waals surface area contributed by atoms with Crippen LogP contribution >= 0.6 is 22.9 Å². The number of Topliss-reactive ketones (excluding diaryl/α,β-unsaturated/α-hetero) is 1. The summed E-state index contributed by atoms with van der Waals surface area (Å²) in [6, 6.07) is 20.3. The van der Waals surface area contributed by atoms with Crippen LogP contribution in [0.5, 0.6) is 5.75 Å². The summed E-state index contributed by atoms with van der Waals surface area (Å²) in [5, 5.41) is 12.0. The van der Waals surface area contributed by atoms with Gasteiger partial charge in [0.2, 0.25) is 0 Å². The van der Waals surface area contributed by atoms with Gasteiger partial charge in [0.25, 0.3) is 5.78 Å². The Labute approximate surface area is 204 Å². The summed E-state index contributed by atoms with van der Waals surface area (Å²) in [6.07, 6.45) is 0. The van der Waals surface area contributed by atoms with E-state index in [2.05, 4.69) is 4.98 Å². The third-order valence-corrected chi connectivity index (χ3v) is 6.81. The molecule has 0 aliphatic carbocycles. The molecule has 3 aromatic carbocycles. The molecule has 34 heavy (non-hydrogen) atoms. The van der Waals surface area contributed by atoms with Crippen molar-refractivity contribution in [2.45, 2.75) is 13.0 Å². The van der Waals surface area contributed by atoms with Crippen molar-refractivity contribution in [1.82, 2.24) is 4.98 Å². The van der Waals surface area contributed by atoms with Crippen molar-refractivity contribution in [2.75, 3.05) is 11.5 Å². The van der Waals surface area contributed by atoms with Crippen LogP contribution in [0.2, 0.25) is 5.02 Å². The Balaban J connectivity index is 1.68. The van der Waals surface area contributed by atoms with E-state index in [-0.39, 0.29) is 11.3 Å². The molecule has 0 spiro atoms. The maximum atomic E-state index is 13.3. The molecule has 5 rings (SSSR count). The number of amides is 1. The SMILES string of the molecule is CCOc1ccc2nc(N3C(=O)C(=O)C(=C(O)c4ccc(Cl)cc4)C3c3ccccc3)sc2c1. The zero-order chi connectivity index (χ0) is 23.8. The van der Waals surface area contributed by atoms with E-state index in [1.165, 1.54) is 16.2 Å². The fourth-order valence-corrected chi connectivity index (χ4v) is 5.14.